The van der Waals surface area contributed by atoms with Crippen LogP contribution in [0.2, 0.25) is 0 Å². The molecule has 3 aromatic heterocycles. The largest absolute Gasteiger partial charge is 0.454 e. The van der Waals surface area contributed by atoms with Crippen molar-refractivity contribution in [1.29, 1.82) is 0 Å². The molecule has 0 fully saturated rings. The Kier molecular flexibility index (Phi) is 5.83. The van der Waals surface area contributed by atoms with Crippen molar-refractivity contribution in [3.63, 3.8) is 0 Å². The first-order chi connectivity index (χ1) is 24.8. The summed E-state index contributed by atoms with van der Waals surface area (Å²) >= 11 is 1.85. The minimum atomic E-state index is 0.876. The topological polar surface area (TPSA) is 21.3 Å². The van der Waals surface area contributed by atoms with Gasteiger partial charge in [-0.25, -0.2) is 0 Å². The monoisotopic (exact) mass is 656 g/mol. The van der Waals surface area contributed by atoms with Crippen molar-refractivity contribution in [2.45, 2.75) is 0 Å². The van der Waals surface area contributed by atoms with E-state index in [1.807, 2.05) is 17.4 Å². The summed E-state index contributed by atoms with van der Waals surface area (Å²) in [5.41, 5.74) is 8.46. The number of hydrogen-bond donors (Lipinski definition) is 0. The molecule has 50 heavy (non-hydrogen) atoms. The first-order valence-corrected chi connectivity index (χ1v) is 17.8. The SMILES string of the molecule is c1ccc(-n2c3cc(N(c4cccc5c4oc4ccccc45)c4cccc5c4sc4ccccc45)ccc3c3c4ccccc4ccc32)cc1. The molecular formula is C46H28N2OS. The number of anilines is 3. The Morgan fingerprint density at radius 2 is 1.20 bits per heavy atom. The molecule has 0 saturated carbocycles. The fourth-order valence-corrected chi connectivity index (χ4v) is 9.20. The molecule has 0 saturated heterocycles. The lowest BCUT2D eigenvalue weighted by atomic mass is 10.0. The number of rotatable bonds is 4. The molecule has 0 aliphatic carbocycles. The van der Waals surface area contributed by atoms with Gasteiger partial charge in [-0.05, 0) is 65.4 Å². The predicted molar refractivity (Wildman–Crippen MR) is 213 cm³/mol. The van der Waals surface area contributed by atoms with Gasteiger partial charge in [-0.15, -0.1) is 11.3 Å². The zero-order valence-corrected chi connectivity index (χ0v) is 27.7. The van der Waals surface area contributed by atoms with Crippen LogP contribution in [-0.4, -0.2) is 4.57 Å². The van der Waals surface area contributed by atoms with Gasteiger partial charge in [0.15, 0.2) is 5.58 Å². The highest BCUT2D eigenvalue weighted by Gasteiger charge is 2.24. The molecule has 0 aliphatic rings. The average Bonchev–Trinajstić information content (AvgIpc) is 3.86. The maximum absolute atomic E-state index is 6.71. The summed E-state index contributed by atoms with van der Waals surface area (Å²) in [7, 11) is 0. The fraction of sp³-hybridized carbons (Fsp3) is 0. The highest BCUT2D eigenvalue weighted by atomic mass is 32.1. The Labute approximate surface area is 291 Å². The molecule has 4 heteroatoms. The maximum Gasteiger partial charge on any atom is 0.159 e. The molecule has 0 radical (unpaired) electrons. The number of benzene rings is 8. The second-order valence-electron chi connectivity index (χ2n) is 12.9. The molecule has 0 unspecified atom stereocenters. The van der Waals surface area contributed by atoms with Gasteiger partial charge in [0.1, 0.15) is 5.58 Å². The third-order valence-corrected chi connectivity index (χ3v) is 11.4. The zero-order chi connectivity index (χ0) is 32.8. The lowest BCUT2D eigenvalue weighted by molar-refractivity contribution is 0.669. The van der Waals surface area contributed by atoms with Gasteiger partial charge in [0, 0.05) is 48.4 Å². The number of thiophene rings is 1. The average molecular weight is 657 g/mol. The Morgan fingerprint density at radius 3 is 2.10 bits per heavy atom. The van der Waals surface area contributed by atoms with Gasteiger partial charge < -0.3 is 13.9 Å². The number of furan rings is 1. The van der Waals surface area contributed by atoms with Crippen LogP contribution in [0.25, 0.3) is 80.4 Å². The molecule has 0 amide bonds. The van der Waals surface area contributed by atoms with E-state index < -0.39 is 0 Å². The van der Waals surface area contributed by atoms with Crippen molar-refractivity contribution in [3.05, 3.63) is 170 Å². The van der Waals surface area contributed by atoms with Gasteiger partial charge in [0.05, 0.1) is 27.1 Å². The van der Waals surface area contributed by atoms with E-state index in [4.69, 9.17) is 4.42 Å². The van der Waals surface area contributed by atoms with Crippen molar-refractivity contribution < 1.29 is 4.42 Å². The Bertz CT molecular complexity index is 3000. The predicted octanol–water partition coefficient (Wildman–Crippen LogP) is 13.7. The number of hydrogen-bond acceptors (Lipinski definition) is 3. The standard InChI is InChI=1S/C46H28N2OS/c1-2-13-30(14-3-1)47-38-27-24-29-12-4-5-15-32(29)44(38)37-26-25-31(28-41(37)47)48(39-20-10-18-35-33-16-6-8-22-42(33)49-45(35)39)40-21-11-19-36-34-17-7-9-23-43(34)50-46(36)40/h1-28H. The molecule has 0 aliphatic heterocycles. The van der Waals surface area contributed by atoms with Gasteiger partial charge in [0.2, 0.25) is 0 Å². The lowest BCUT2D eigenvalue weighted by Crippen LogP contribution is -2.10. The second kappa shape index (κ2) is 10.6. The van der Waals surface area contributed by atoms with E-state index in [1.54, 1.807) is 0 Å². The summed E-state index contributed by atoms with van der Waals surface area (Å²) < 4.78 is 11.7. The summed E-state index contributed by atoms with van der Waals surface area (Å²) in [6, 6.07) is 61.2. The van der Waals surface area contributed by atoms with Gasteiger partial charge in [-0.1, -0.05) is 115 Å². The molecule has 234 valence electrons. The maximum atomic E-state index is 6.71. The fourth-order valence-electron chi connectivity index (χ4n) is 7.99. The van der Waals surface area contributed by atoms with E-state index in [9.17, 15) is 0 Å². The van der Waals surface area contributed by atoms with Crippen LogP contribution in [-0.2, 0) is 0 Å². The molecule has 11 aromatic rings. The highest BCUT2D eigenvalue weighted by molar-refractivity contribution is 7.26. The highest BCUT2D eigenvalue weighted by Crippen LogP contribution is 2.48. The summed E-state index contributed by atoms with van der Waals surface area (Å²) in [5, 5.41) is 9.77. The van der Waals surface area contributed by atoms with E-state index in [0.717, 1.165) is 50.2 Å². The van der Waals surface area contributed by atoms with Gasteiger partial charge in [0.25, 0.3) is 0 Å². The molecular weight excluding hydrogens is 629 g/mol. The molecule has 3 nitrogen and oxygen atoms in total. The van der Waals surface area contributed by atoms with Crippen molar-refractivity contribution in [1.82, 2.24) is 4.57 Å². The van der Waals surface area contributed by atoms with Crippen LogP contribution in [0.1, 0.15) is 0 Å². The number of nitrogens with zero attached hydrogens (tertiary/aromatic N) is 2. The van der Waals surface area contributed by atoms with Crippen LogP contribution in [0.5, 0.6) is 0 Å². The summed E-state index contributed by atoms with van der Waals surface area (Å²) in [6.45, 7) is 0. The van der Waals surface area contributed by atoms with E-state index in [0.29, 0.717) is 0 Å². The van der Waals surface area contributed by atoms with Gasteiger partial charge >= 0.3 is 0 Å². The third-order valence-electron chi connectivity index (χ3n) is 10.2. The first kappa shape index (κ1) is 27.6. The minimum absolute atomic E-state index is 0.876. The van der Waals surface area contributed by atoms with Crippen molar-refractivity contribution in [2.24, 2.45) is 0 Å². The van der Waals surface area contributed by atoms with Crippen molar-refractivity contribution in [2.75, 3.05) is 4.90 Å². The molecule has 0 spiro atoms. The third kappa shape index (κ3) is 3.91. The van der Waals surface area contributed by atoms with Crippen molar-refractivity contribution >= 4 is 103 Å². The Hall–Kier alpha value is -6.36. The molecule has 0 bridgehead atoms. The molecule has 8 aromatic carbocycles. The van der Waals surface area contributed by atoms with E-state index in [-0.39, 0.29) is 0 Å². The number of aromatic nitrogens is 1. The molecule has 0 N–H and O–H groups in total. The lowest BCUT2D eigenvalue weighted by Gasteiger charge is -2.26. The minimum Gasteiger partial charge on any atom is -0.454 e. The van der Waals surface area contributed by atoms with Crippen LogP contribution < -0.4 is 4.90 Å². The molecule has 0 atom stereocenters. The van der Waals surface area contributed by atoms with Gasteiger partial charge in [-0.3, -0.25) is 0 Å². The van der Waals surface area contributed by atoms with Crippen LogP contribution in [0.4, 0.5) is 17.1 Å². The van der Waals surface area contributed by atoms with Crippen molar-refractivity contribution in [3.8, 4) is 5.69 Å². The van der Waals surface area contributed by atoms with Gasteiger partial charge in [-0.2, -0.15) is 0 Å². The Balaban J connectivity index is 1.27. The van der Waals surface area contributed by atoms with Crippen LogP contribution in [0.15, 0.2) is 174 Å². The van der Waals surface area contributed by atoms with Crippen LogP contribution >= 0.6 is 11.3 Å². The Morgan fingerprint density at radius 1 is 0.480 bits per heavy atom. The summed E-state index contributed by atoms with van der Waals surface area (Å²) in [5.74, 6) is 0. The second-order valence-corrected chi connectivity index (χ2v) is 13.9. The number of para-hydroxylation sites is 3. The van der Waals surface area contributed by atoms with Crippen LogP contribution in [0, 0.1) is 0 Å². The summed E-state index contributed by atoms with van der Waals surface area (Å²) in [6.07, 6.45) is 0. The van der Waals surface area contributed by atoms with E-state index in [2.05, 4.69) is 173 Å². The normalized spacial score (nSPS) is 12.0. The number of fused-ring (bicyclic) bond motifs is 11. The van der Waals surface area contributed by atoms with Crippen LogP contribution in [0.3, 0.4) is 0 Å². The first-order valence-electron chi connectivity index (χ1n) is 16.9. The molecule has 11 rings (SSSR count). The summed E-state index contributed by atoms with van der Waals surface area (Å²) in [4.78, 5) is 2.41. The zero-order valence-electron chi connectivity index (χ0n) is 26.9. The van der Waals surface area contributed by atoms with E-state index in [1.165, 1.54) is 47.2 Å². The quantitative estimate of drug-likeness (QED) is 0.188. The smallest absolute Gasteiger partial charge is 0.159 e. The molecule has 3 heterocycles. The van der Waals surface area contributed by atoms with E-state index >= 15 is 0 Å².